The van der Waals surface area contributed by atoms with Gasteiger partial charge in [0, 0.05) is 8.40 Å². The molecule has 0 saturated heterocycles. The molecule has 0 spiro atoms. The predicted octanol–water partition coefficient (Wildman–Crippen LogP) is 5.56. The Morgan fingerprint density at radius 1 is 1.16 bits per heavy atom. The van der Waals surface area contributed by atoms with Crippen molar-refractivity contribution in [1.82, 2.24) is 0 Å². The van der Waals surface area contributed by atoms with Gasteiger partial charge in [0.05, 0.1) is 0 Å². The van der Waals surface area contributed by atoms with E-state index in [1.54, 1.807) is 6.07 Å². The third-order valence-electron chi connectivity index (χ3n) is 2.96. The minimum Gasteiger partial charge on any atom is -0.204 e. The van der Waals surface area contributed by atoms with Gasteiger partial charge in [-0.2, -0.15) is 0 Å². The lowest BCUT2D eigenvalue weighted by atomic mass is 10.0. The zero-order valence-corrected chi connectivity index (χ0v) is 14.0. The normalized spacial score (nSPS) is 12.5. The fourth-order valence-electron chi connectivity index (χ4n) is 1.90. The van der Waals surface area contributed by atoms with E-state index < -0.39 is 11.6 Å². The molecule has 2 aromatic rings. The molecule has 0 aliphatic rings. The maximum Gasteiger partial charge on any atom is 0.159 e. The second-order valence-electron chi connectivity index (χ2n) is 4.40. The third-order valence-corrected chi connectivity index (χ3v) is 5.25. The zero-order chi connectivity index (χ0) is 14.0. The molecule has 0 heterocycles. The average Bonchev–Trinajstić information content (AvgIpc) is 2.37. The molecule has 0 saturated carbocycles. The van der Waals surface area contributed by atoms with E-state index in [0.717, 1.165) is 5.56 Å². The molecule has 100 valence electrons. The lowest BCUT2D eigenvalue weighted by Gasteiger charge is -2.14. The largest absolute Gasteiger partial charge is 0.204 e. The van der Waals surface area contributed by atoms with E-state index in [1.807, 2.05) is 12.1 Å². The van der Waals surface area contributed by atoms with Gasteiger partial charge in [-0.15, -0.1) is 0 Å². The van der Waals surface area contributed by atoms with Gasteiger partial charge in [-0.05, 0) is 64.8 Å². The summed E-state index contributed by atoms with van der Waals surface area (Å²) in [4.78, 5) is 0.0872. The molecule has 0 aliphatic carbocycles. The Morgan fingerprint density at radius 2 is 1.89 bits per heavy atom. The molecule has 4 heteroatoms. The first-order valence-corrected chi connectivity index (χ1v) is 7.81. The molecule has 0 aliphatic heterocycles. The summed E-state index contributed by atoms with van der Waals surface area (Å²) >= 11 is 5.94. The second-order valence-corrected chi connectivity index (χ2v) is 6.58. The molecular weight excluding hydrogens is 425 g/mol. The molecular formula is C15H12BrF2I. The van der Waals surface area contributed by atoms with Gasteiger partial charge < -0.3 is 0 Å². The summed E-state index contributed by atoms with van der Waals surface area (Å²) in [6.45, 7) is 2.06. The standard InChI is InChI=1S/C15H12BrF2I/c1-9-3-2-4-11(15(9)19)12(16)7-10-5-6-13(17)14(18)8-10/h2-6,8,12H,7H2,1H3. The fourth-order valence-corrected chi connectivity index (χ4v) is 3.81. The van der Waals surface area contributed by atoms with Crippen molar-refractivity contribution in [1.29, 1.82) is 0 Å². The monoisotopic (exact) mass is 436 g/mol. The second kappa shape index (κ2) is 6.31. The van der Waals surface area contributed by atoms with Gasteiger partial charge in [0.2, 0.25) is 0 Å². The highest BCUT2D eigenvalue weighted by atomic mass is 127. The molecule has 2 rings (SSSR count). The van der Waals surface area contributed by atoms with Gasteiger partial charge in [0.1, 0.15) is 0 Å². The Balaban J connectivity index is 2.23. The minimum atomic E-state index is -0.806. The number of aryl methyl sites for hydroxylation is 1. The number of rotatable bonds is 3. The quantitative estimate of drug-likeness (QED) is 0.436. The van der Waals surface area contributed by atoms with Crippen molar-refractivity contribution in [2.75, 3.05) is 0 Å². The number of hydrogen-bond donors (Lipinski definition) is 0. The molecule has 0 N–H and O–H groups in total. The van der Waals surface area contributed by atoms with E-state index in [-0.39, 0.29) is 4.83 Å². The van der Waals surface area contributed by atoms with Crippen molar-refractivity contribution in [3.8, 4) is 0 Å². The van der Waals surface area contributed by atoms with Crippen LogP contribution in [0.1, 0.15) is 21.5 Å². The number of benzene rings is 2. The Labute approximate surface area is 133 Å². The maximum atomic E-state index is 13.2. The van der Waals surface area contributed by atoms with E-state index in [0.29, 0.717) is 6.42 Å². The van der Waals surface area contributed by atoms with Crippen LogP contribution in [0.5, 0.6) is 0 Å². The highest BCUT2D eigenvalue weighted by molar-refractivity contribution is 14.1. The smallest absolute Gasteiger partial charge is 0.159 e. The third kappa shape index (κ3) is 3.54. The van der Waals surface area contributed by atoms with Crippen LogP contribution in [-0.2, 0) is 6.42 Å². The summed E-state index contributed by atoms with van der Waals surface area (Å²) in [5.74, 6) is -1.60. The van der Waals surface area contributed by atoms with Gasteiger partial charge in [-0.3, -0.25) is 0 Å². The molecule has 0 radical (unpaired) electrons. The molecule has 19 heavy (non-hydrogen) atoms. The topological polar surface area (TPSA) is 0 Å². The Bertz CT molecular complexity index is 599. The van der Waals surface area contributed by atoms with Gasteiger partial charge in [0.15, 0.2) is 11.6 Å². The summed E-state index contributed by atoms with van der Waals surface area (Å²) in [6, 6.07) is 10.2. The molecule has 0 nitrogen and oxygen atoms in total. The fraction of sp³-hybridized carbons (Fsp3) is 0.200. The van der Waals surface area contributed by atoms with Crippen LogP contribution in [0.4, 0.5) is 8.78 Å². The van der Waals surface area contributed by atoms with Crippen LogP contribution in [0.25, 0.3) is 0 Å². The van der Waals surface area contributed by atoms with Crippen LogP contribution in [0.3, 0.4) is 0 Å². The summed E-state index contributed by atoms with van der Waals surface area (Å²) in [5, 5.41) is 0. The zero-order valence-electron chi connectivity index (χ0n) is 10.3. The van der Waals surface area contributed by atoms with Gasteiger partial charge >= 0.3 is 0 Å². The van der Waals surface area contributed by atoms with Crippen LogP contribution in [0.2, 0.25) is 0 Å². The first-order valence-electron chi connectivity index (χ1n) is 5.82. The van der Waals surface area contributed by atoms with E-state index >= 15 is 0 Å². The van der Waals surface area contributed by atoms with E-state index in [2.05, 4.69) is 51.5 Å². The summed E-state index contributed by atoms with van der Waals surface area (Å²) in [6.07, 6.45) is 0.622. The number of halogens is 4. The van der Waals surface area contributed by atoms with Gasteiger partial charge in [-0.25, -0.2) is 8.78 Å². The van der Waals surface area contributed by atoms with Crippen LogP contribution in [0, 0.1) is 22.1 Å². The van der Waals surface area contributed by atoms with Crippen molar-refractivity contribution in [2.45, 2.75) is 18.2 Å². The average molecular weight is 437 g/mol. The van der Waals surface area contributed by atoms with E-state index in [4.69, 9.17) is 0 Å². The minimum absolute atomic E-state index is 0.0872. The summed E-state index contributed by atoms with van der Waals surface area (Å²) < 4.78 is 27.3. The maximum absolute atomic E-state index is 13.2. The van der Waals surface area contributed by atoms with Crippen LogP contribution < -0.4 is 0 Å². The van der Waals surface area contributed by atoms with Crippen LogP contribution in [0.15, 0.2) is 36.4 Å². The molecule has 1 atom stereocenters. The number of alkyl halides is 1. The van der Waals surface area contributed by atoms with Crippen molar-refractivity contribution in [3.05, 3.63) is 68.3 Å². The van der Waals surface area contributed by atoms with Gasteiger partial charge in [0.25, 0.3) is 0 Å². The highest BCUT2D eigenvalue weighted by Gasteiger charge is 2.14. The first-order chi connectivity index (χ1) is 8.99. The molecule has 2 aromatic carbocycles. The van der Waals surface area contributed by atoms with Crippen molar-refractivity contribution in [3.63, 3.8) is 0 Å². The van der Waals surface area contributed by atoms with Crippen molar-refractivity contribution < 1.29 is 8.78 Å². The summed E-state index contributed by atoms with van der Waals surface area (Å²) in [5.41, 5.74) is 3.16. The van der Waals surface area contributed by atoms with Crippen molar-refractivity contribution >= 4 is 38.5 Å². The molecule has 0 bridgehead atoms. The molecule has 0 amide bonds. The Kier molecular flexibility index (Phi) is 4.95. The van der Waals surface area contributed by atoms with E-state index in [9.17, 15) is 8.78 Å². The molecule has 0 fully saturated rings. The predicted molar refractivity (Wildman–Crippen MR) is 85.6 cm³/mol. The highest BCUT2D eigenvalue weighted by Crippen LogP contribution is 2.32. The number of hydrogen-bond acceptors (Lipinski definition) is 0. The van der Waals surface area contributed by atoms with Crippen LogP contribution in [-0.4, -0.2) is 0 Å². The first kappa shape index (κ1) is 14.9. The molecule has 0 aromatic heterocycles. The van der Waals surface area contributed by atoms with Gasteiger partial charge in [-0.1, -0.05) is 40.2 Å². The molecule has 1 unspecified atom stereocenters. The lowest BCUT2D eigenvalue weighted by molar-refractivity contribution is 0.507. The Hall–Kier alpha value is -0.490. The summed E-state index contributed by atoms with van der Waals surface area (Å²) in [7, 11) is 0. The van der Waals surface area contributed by atoms with Crippen LogP contribution >= 0.6 is 38.5 Å². The Morgan fingerprint density at radius 3 is 2.58 bits per heavy atom. The SMILES string of the molecule is Cc1cccc(C(Br)Cc2ccc(F)c(F)c2)c1I. The van der Waals surface area contributed by atoms with Crippen molar-refractivity contribution in [2.24, 2.45) is 0 Å². The lowest BCUT2D eigenvalue weighted by Crippen LogP contribution is -2.00. The van der Waals surface area contributed by atoms with E-state index in [1.165, 1.54) is 26.8 Å².